The molecule has 0 bridgehead atoms. The van der Waals surface area contributed by atoms with Gasteiger partial charge in [0.15, 0.2) is 31.9 Å². The minimum absolute atomic E-state index is 0.00330. The largest absolute Gasteiger partial charge is 0.618 e. The van der Waals surface area contributed by atoms with Crippen LogP contribution in [0.25, 0.3) is 0 Å². The monoisotopic (exact) mass is 690 g/mol. The molecule has 1 aliphatic heterocycles. The Kier molecular flexibility index (Phi) is 10.6. The number of hydrogen-bond acceptors (Lipinski definition) is 8. The molecule has 254 valence electrons. The lowest BCUT2D eigenvalue weighted by atomic mass is 9.96. The average Bonchev–Trinajstić information content (AvgIpc) is 2.97. The molecule has 3 aromatic rings. The zero-order valence-corrected chi connectivity index (χ0v) is 29.6. The van der Waals surface area contributed by atoms with Crippen molar-refractivity contribution < 1.29 is 32.3 Å². The molecular formula is C32H41ClF2N6O5Si. The number of pyridine rings is 1. The number of aromatic nitrogens is 3. The van der Waals surface area contributed by atoms with Crippen molar-refractivity contribution in [2.24, 2.45) is 0 Å². The molecule has 47 heavy (non-hydrogen) atoms. The molecule has 15 heteroatoms. The number of amides is 2. The molecule has 1 saturated heterocycles. The van der Waals surface area contributed by atoms with Crippen LogP contribution in [0, 0.1) is 16.8 Å². The highest BCUT2D eigenvalue weighted by molar-refractivity contribution is 6.74. The molecule has 3 heterocycles. The smallest absolute Gasteiger partial charge is 0.256 e. The quantitative estimate of drug-likeness (QED) is 0.167. The summed E-state index contributed by atoms with van der Waals surface area (Å²) in [6, 6.07) is 3.73. The molecule has 2 amide bonds. The second-order valence-electron chi connectivity index (χ2n) is 13.7. The Hall–Kier alpha value is -3.72. The Labute approximate surface area is 279 Å². The van der Waals surface area contributed by atoms with E-state index < -0.39 is 31.5 Å². The van der Waals surface area contributed by atoms with Gasteiger partial charge in [-0.05, 0) is 51.0 Å². The fraction of sp³-hybridized carbons (Fsp3) is 0.469. The number of rotatable bonds is 9. The molecule has 0 unspecified atom stereocenters. The lowest BCUT2D eigenvalue weighted by Gasteiger charge is -2.48. The first-order valence-electron chi connectivity index (χ1n) is 15.2. The van der Waals surface area contributed by atoms with Gasteiger partial charge in [0, 0.05) is 31.8 Å². The molecule has 1 aromatic carbocycles. The molecule has 2 aromatic heterocycles. The van der Waals surface area contributed by atoms with E-state index in [4.69, 9.17) is 20.8 Å². The van der Waals surface area contributed by atoms with Crippen molar-refractivity contribution in [2.75, 3.05) is 25.0 Å². The topological polar surface area (TPSA) is 124 Å². The number of ether oxygens (including phenoxy) is 1. The number of carbonyl (C=O) groups is 2. The highest BCUT2D eigenvalue weighted by Crippen LogP contribution is 2.37. The summed E-state index contributed by atoms with van der Waals surface area (Å²) in [5, 5.41) is 15.4. The van der Waals surface area contributed by atoms with Crippen molar-refractivity contribution in [1.82, 2.24) is 19.8 Å². The van der Waals surface area contributed by atoms with E-state index in [9.17, 15) is 23.6 Å². The summed E-state index contributed by atoms with van der Waals surface area (Å²) in [4.78, 5) is 38.8. The van der Waals surface area contributed by atoms with Crippen LogP contribution in [-0.2, 0) is 15.8 Å². The highest BCUT2D eigenvalue weighted by Gasteiger charge is 2.42. The van der Waals surface area contributed by atoms with Crippen LogP contribution in [0.3, 0.4) is 0 Å². The molecule has 0 spiro atoms. The van der Waals surface area contributed by atoms with Crippen LogP contribution < -0.4 is 14.8 Å². The summed E-state index contributed by atoms with van der Waals surface area (Å²) in [7, 11) is -2.19. The Morgan fingerprint density at radius 3 is 2.47 bits per heavy atom. The maximum Gasteiger partial charge on any atom is 0.256 e. The summed E-state index contributed by atoms with van der Waals surface area (Å²) in [5.41, 5.74) is -0.287. The fourth-order valence-electron chi connectivity index (χ4n) is 4.86. The van der Waals surface area contributed by atoms with E-state index in [2.05, 4.69) is 49.1 Å². The summed E-state index contributed by atoms with van der Waals surface area (Å²) in [6.45, 7) is 17.1. The molecule has 0 saturated carbocycles. The Morgan fingerprint density at radius 1 is 1.17 bits per heavy atom. The number of piperazine rings is 1. The van der Waals surface area contributed by atoms with E-state index in [1.54, 1.807) is 11.8 Å². The van der Waals surface area contributed by atoms with Gasteiger partial charge in [-0.1, -0.05) is 32.4 Å². The van der Waals surface area contributed by atoms with Crippen molar-refractivity contribution in [3.05, 3.63) is 76.0 Å². The SMILES string of the molecule is C[C@@H](C(=O)Nc1cnc(Oc2ccc(F)cc2F)cn1)N1CCN(C(=O)c2cc[n+]([O-])c(CO[Si](C)(C)C(C)(C)C)c2Cl)C(C)(C)C1. The third-order valence-electron chi connectivity index (χ3n) is 8.83. The first-order chi connectivity index (χ1) is 21.8. The van der Waals surface area contributed by atoms with Crippen molar-refractivity contribution in [2.45, 2.75) is 77.9 Å². The number of anilines is 1. The zero-order valence-electron chi connectivity index (χ0n) is 27.9. The Balaban J connectivity index is 1.39. The van der Waals surface area contributed by atoms with Crippen LogP contribution >= 0.6 is 11.6 Å². The highest BCUT2D eigenvalue weighted by atomic mass is 35.5. The standard InChI is InChI=1S/C32H41ClF2N6O5Si/c1-20(29(42)38-26-16-37-27(17-36-26)46-25-10-9-21(34)15-23(25)35)39-13-14-40(32(5,6)19-39)30(43)22-11-12-41(44)24(28(22)33)18-45-47(7,8)31(2,3)4/h9-12,15-17,20H,13-14,18-19H2,1-8H3,(H,36,38,42)/t20-/m0/s1. The number of benzene rings is 1. The number of hydrogen-bond donors (Lipinski definition) is 1. The van der Waals surface area contributed by atoms with Gasteiger partial charge in [-0.2, -0.15) is 4.73 Å². The van der Waals surface area contributed by atoms with Crippen LogP contribution in [-0.4, -0.2) is 71.1 Å². The normalized spacial score (nSPS) is 16.1. The lowest BCUT2D eigenvalue weighted by molar-refractivity contribution is -0.616. The predicted molar refractivity (Wildman–Crippen MR) is 176 cm³/mol. The van der Waals surface area contributed by atoms with E-state index in [0.29, 0.717) is 30.4 Å². The minimum atomic E-state index is -2.19. The first kappa shape index (κ1) is 36.1. The second kappa shape index (κ2) is 13.8. The molecule has 4 rings (SSSR count). The van der Waals surface area contributed by atoms with Crippen molar-refractivity contribution in [1.29, 1.82) is 0 Å². The van der Waals surface area contributed by atoms with Crippen LogP contribution in [0.2, 0.25) is 23.2 Å². The van der Waals surface area contributed by atoms with Gasteiger partial charge in [0.1, 0.15) is 17.4 Å². The molecule has 1 N–H and O–H groups in total. The number of halogens is 3. The molecule has 11 nitrogen and oxygen atoms in total. The van der Waals surface area contributed by atoms with Gasteiger partial charge in [0.2, 0.25) is 17.5 Å². The summed E-state index contributed by atoms with van der Waals surface area (Å²) < 4.78 is 39.2. The molecular weight excluding hydrogens is 650 g/mol. The number of carbonyl (C=O) groups excluding carboxylic acids is 2. The van der Waals surface area contributed by atoms with Gasteiger partial charge in [-0.3, -0.25) is 14.5 Å². The third kappa shape index (κ3) is 8.23. The number of nitrogens with one attached hydrogen (secondary N) is 1. The van der Waals surface area contributed by atoms with Crippen LogP contribution in [0.1, 0.15) is 57.6 Å². The average molecular weight is 691 g/mol. The van der Waals surface area contributed by atoms with Gasteiger partial charge < -0.3 is 24.6 Å². The Bertz CT molecular complexity index is 1640. The minimum Gasteiger partial charge on any atom is -0.618 e. The maximum atomic E-state index is 13.9. The first-order valence-corrected chi connectivity index (χ1v) is 18.5. The number of nitrogens with zero attached hydrogens (tertiary/aromatic N) is 5. The van der Waals surface area contributed by atoms with Crippen LogP contribution in [0.15, 0.2) is 42.9 Å². The third-order valence-corrected chi connectivity index (χ3v) is 13.7. The zero-order chi connectivity index (χ0) is 34.9. The van der Waals surface area contributed by atoms with Gasteiger partial charge in [0.25, 0.3) is 5.91 Å². The lowest BCUT2D eigenvalue weighted by Crippen LogP contribution is -2.63. The van der Waals surface area contributed by atoms with E-state index >= 15 is 0 Å². The summed E-state index contributed by atoms with van der Waals surface area (Å²) in [6.07, 6.45) is 3.76. The molecule has 1 atom stereocenters. The van der Waals surface area contributed by atoms with Crippen molar-refractivity contribution in [3.63, 3.8) is 0 Å². The van der Waals surface area contributed by atoms with Gasteiger partial charge in [0.05, 0.1) is 29.5 Å². The Morgan fingerprint density at radius 2 is 1.87 bits per heavy atom. The summed E-state index contributed by atoms with van der Waals surface area (Å²) in [5.74, 6) is -2.38. The van der Waals surface area contributed by atoms with Gasteiger partial charge >= 0.3 is 0 Å². The maximum absolute atomic E-state index is 13.9. The van der Waals surface area contributed by atoms with E-state index in [-0.39, 0.29) is 57.2 Å². The van der Waals surface area contributed by atoms with Crippen molar-refractivity contribution >= 4 is 37.6 Å². The fourth-order valence-corrected chi connectivity index (χ4v) is 6.07. The summed E-state index contributed by atoms with van der Waals surface area (Å²) >= 11 is 6.68. The van der Waals surface area contributed by atoms with Crippen molar-refractivity contribution in [3.8, 4) is 11.6 Å². The van der Waals surface area contributed by atoms with Crippen LogP contribution in [0.4, 0.5) is 14.6 Å². The van der Waals surface area contributed by atoms with Gasteiger partial charge in [-0.15, -0.1) is 0 Å². The van der Waals surface area contributed by atoms with E-state index in [0.717, 1.165) is 12.1 Å². The molecule has 1 aliphatic rings. The van der Waals surface area contributed by atoms with E-state index in [1.807, 2.05) is 18.7 Å². The molecule has 0 aliphatic carbocycles. The molecule has 0 radical (unpaired) electrons. The predicted octanol–water partition coefficient (Wildman–Crippen LogP) is 5.92. The van der Waals surface area contributed by atoms with Gasteiger partial charge in [-0.25, -0.2) is 18.7 Å². The molecule has 1 fully saturated rings. The second-order valence-corrected chi connectivity index (χ2v) is 18.9. The van der Waals surface area contributed by atoms with E-state index in [1.165, 1.54) is 24.7 Å². The van der Waals surface area contributed by atoms with Crippen LogP contribution in [0.5, 0.6) is 11.6 Å².